The number of benzene rings is 2. The second kappa shape index (κ2) is 23.6. The van der Waals surface area contributed by atoms with E-state index in [9.17, 15) is 37.2 Å². The normalized spacial score (nSPS) is 16.9. The molecule has 2 aliphatic heterocycles. The van der Waals surface area contributed by atoms with Crippen LogP contribution in [0.4, 0.5) is 9.59 Å². The van der Waals surface area contributed by atoms with Crippen molar-refractivity contribution < 1.29 is 46.7 Å². The van der Waals surface area contributed by atoms with Gasteiger partial charge < -0.3 is 41.0 Å². The summed E-state index contributed by atoms with van der Waals surface area (Å²) in [6.45, 7) is 15.7. The van der Waals surface area contributed by atoms with Crippen molar-refractivity contribution in [3.8, 4) is 0 Å². The van der Waals surface area contributed by atoms with Crippen LogP contribution in [0.2, 0.25) is 0 Å². The van der Waals surface area contributed by atoms with Gasteiger partial charge in [0.2, 0.25) is 23.6 Å². The molecule has 0 saturated carbocycles. The van der Waals surface area contributed by atoms with Gasteiger partial charge in [-0.05, 0) is 90.7 Å². The molecule has 1 spiro atoms. The molecule has 0 aromatic heterocycles. The van der Waals surface area contributed by atoms with E-state index in [1.54, 1.807) is 46.4 Å². The van der Waals surface area contributed by atoms with Crippen LogP contribution < -0.4 is 26.6 Å². The van der Waals surface area contributed by atoms with Crippen molar-refractivity contribution in [2.75, 3.05) is 46.8 Å². The molecular weight excluding hydrogens is 881 g/mol. The number of ether oxygens (including phenoxy) is 2. The maximum absolute atomic E-state index is 14.4. The second-order valence-electron chi connectivity index (χ2n) is 20.4. The average molecular weight is 955 g/mol. The zero-order valence-corrected chi connectivity index (χ0v) is 41.8. The Morgan fingerprint density at radius 2 is 1.15 bits per heavy atom. The highest BCUT2D eigenvalue weighted by molar-refractivity contribution is 7.86. The van der Waals surface area contributed by atoms with Crippen LogP contribution in [-0.2, 0) is 51.7 Å². The van der Waals surface area contributed by atoms with Gasteiger partial charge in [-0.15, -0.1) is 0 Å². The molecule has 2 aromatic carbocycles. The summed E-state index contributed by atoms with van der Waals surface area (Å²) in [5.41, 5.74) is -0.423. The number of carbonyl (C=O) groups excluding carboxylic acids is 6. The summed E-state index contributed by atoms with van der Waals surface area (Å²) in [4.78, 5) is 84.2. The Morgan fingerprint density at radius 1 is 0.672 bits per heavy atom. The van der Waals surface area contributed by atoms with Crippen molar-refractivity contribution in [2.45, 2.75) is 136 Å². The minimum atomic E-state index is -3.63. The molecule has 2 fully saturated rings. The number of rotatable bonds is 21. The number of likely N-dealkylation sites (tertiary alicyclic amines) is 1. The van der Waals surface area contributed by atoms with Crippen LogP contribution in [0.5, 0.6) is 0 Å². The molecule has 4 rings (SSSR count). The van der Waals surface area contributed by atoms with E-state index in [-0.39, 0.29) is 50.6 Å². The number of hydrogen-bond donors (Lipinski definition) is 5. The van der Waals surface area contributed by atoms with Crippen LogP contribution in [-0.4, -0.2) is 140 Å². The summed E-state index contributed by atoms with van der Waals surface area (Å²) in [5, 5.41) is 14.0. The van der Waals surface area contributed by atoms with Crippen molar-refractivity contribution in [2.24, 2.45) is 11.3 Å². The van der Waals surface area contributed by atoms with Crippen molar-refractivity contribution in [1.82, 2.24) is 40.1 Å². The molecular formula is C48H74N8O10S. The SMILES string of the molecule is CC(C)CC(NC(=O)C(Cc1ccccc1)NC(=O)C(Cc1ccccc1)NC(=O)OC(C)(C)C)C(=O)NC(CCCCNC(=O)OC(C)(C)C)C(=O)N1CC2(CCN(S(=O)(=O)N(C)C)C2)C1. The standard InChI is InChI=1S/C48H74N8O10S/c1-33(2)27-37(51-41(58)38(28-34-19-13-11-14-20-34)52-42(59)39(29-35-21-15-12-16-22-35)53-45(62)66-47(6,7)8)40(57)50-36(23-17-18-25-49-44(61)65-46(3,4)5)43(60)55-30-48(31-55)24-26-56(32-48)67(63,64)54(9)10/h11-16,19-22,33,36-39H,17-18,23-32H2,1-10H3,(H,49,61)(H,50,57)(H,51,58)(H,52,59)(H,53,62). The number of alkyl carbamates (subject to hydrolysis) is 2. The van der Waals surface area contributed by atoms with Crippen LogP contribution in [0.3, 0.4) is 0 Å². The molecule has 2 aliphatic rings. The third-order valence-electron chi connectivity index (χ3n) is 11.3. The molecule has 0 radical (unpaired) electrons. The predicted octanol–water partition coefficient (Wildman–Crippen LogP) is 3.90. The van der Waals surface area contributed by atoms with E-state index in [0.29, 0.717) is 38.9 Å². The van der Waals surface area contributed by atoms with Gasteiger partial charge in [-0.2, -0.15) is 17.0 Å². The van der Waals surface area contributed by atoms with Crippen molar-refractivity contribution in [3.63, 3.8) is 0 Å². The Labute approximate surface area is 397 Å². The highest BCUT2D eigenvalue weighted by atomic mass is 32.2. The van der Waals surface area contributed by atoms with Crippen LogP contribution >= 0.6 is 0 Å². The molecule has 4 atom stereocenters. The summed E-state index contributed by atoms with van der Waals surface area (Å²) in [5.74, 6) is -2.30. The van der Waals surface area contributed by atoms with Gasteiger partial charge in [0.15, 0.2) is 0 Å². The van der Waals surface area contributed by atoms with Crippen LogP contribution in [0.25, 0.3) is 0 Å². The van der Waals surface area contributed by atoms with Gasteiger partial charge in [-0.1, -0.05) is 74.5 Å². The number of nitrogens with zero attached hydrogens (tertiary/aromatic N) is 3. The Kier molecular flexibility index (Phi) is 19.2. The molecule has 2 saturated heterocycles. The summed E-state index contributed by atoms with van der Waals surface area (Å²) >= 11 is 0. The summed E-state index contributed by atoms with van der Waals surface area (Å²) < 4.78 is 39.2. The quantitative estimate of drug-likeness (QED) is 0.114. The maximum atomic E-state index is 14.4. The van der Waals surface area contributed by atoms with E-state index in [4.69, 9.17) is 9.47 Å². The van der Waals surface area contributed by atoms with Gasteiger partial charge in [0, 0.05) is 65.1 Å². The van der Waals surface area contributed by atoms with Crippen molar-refractivity contribution in [3.05, 3.63) is 71.8 Å². The smallest absolute Gasteiger partial charge is 0.408 e. The van der Waals surface area contributed by atoms with Gasteiger partial charge in [0.25, 0.3) is 10.2 Å². The lowest BCUT2D eigenvalue weighted by molar-refractivity contribution is -0.147. The van der Waals surface area contributed by atoms with Crippen LogP contribution in [0.15, 0.2) is 60.7 Å². The summed E-state index contributed by atoms with van der Waals surface area (Å²) in [6.07, 6.45) is 0.697. The van der Waals surface area contributed by atoms with Crippen LogP contribution in [0, 0.1) is 11.3 Å². The molecule has 372 valence electrons. The van der Waals surface area contributed by atoms with E-state index in [1.165, 1.54) is 22.7 Å². The minimum Gasteiger partial charge on any atom is -0.444 e. The largest absolute Gasteiger partial charge is 0.444 e. The Hall–Kier alpha value is -5.27. The number of hydrogen-bond acceptors (Lipinski definition) is 10. The first kappa shape index (κ1) is 54.3. The summed E-state index contributed by atoms with van der Waals surface area (Å²) in [6, 6.07) is 13.7. The first-order chi connectivity index (χ1) is 31.3. The molecule has 0 aliphatic carbocycles. The monoisotopic (exact) mass is 955 g/mol. The van der Waals surface area contributed by atoms with Gasteiger partial charge in [-0.3, -0.25) is 19.2 Å². The van der Waals surface area contributed by atoms with E-state index < -0.39 is 80.9 Å². The third kappa shape index (κ3) is 17.4. The molecule has 2 heterocycles. The molecule has 6 amide bonds. The first-order valence-electron chi connectivity index (χ1n) is 23.2. The highest BCUT2D eigenvalue weighted by Gasteiger charge is 2.52. The van der Waals surface area contributed by atoms with Gasteiger partial charge in [0.1, 0.15) is 35.4 Å². The number of unbranched alkanes of at least 4 members (excludes halogenated alkanes) is 1. The maximum Gasteiger partial charge on any atom is 0.408 e. The first-order valence-corrected chi connectivity index (χ1v) is 24.6. The summed E-state index contributed by atoms with van der Waals surface area (Å²) in [7, 11) is -0.663. The fourth-order valence-electron chi connectivity index (χ4n) is 8.04. The van der Waals surface area contributed by atoms with Crippen molar-refractivity contribution in [1.29, 1.82) is 0 Å². The molecule has 67 heavy (non-hydrogen) atoms. The zero-order valence-electron chi connectivity index (χ0n) is 41.0. The molecule has 0 bridgehead atoms. The van der Waals surface area contributed by atoms with E-state index in [1.807, 2.05) is 74.5 Å². The lowest BCUT2D eigenvalue weighted by atomic mass is 9.78. The fraction of sp³-hybridized carbons (Fsp3) is 0.625. The Bertz CT molecular complexity index is 2100. The lowest BCUT2D eigenvalue weighted by Crippen LogP contribution is -2.64. The lowest BCUT2D eigenvalue weighted by Gasteiger charge is -2.49. The molecule has 19 heteroatoms. The Balaban J connectivity index is 1.54. The molecule has 2 aromatic rings. The van der Waals surface area contributed by atoms with Gasteiger partial charge in [0.05, 0.1) is 0 Å². The predicted molar refractivity (Wildman–Crippen MR) is 255 cm³/mol. The number of amides is 6. The highest BCUT2D eigenvalue weighted by Crippen LogP contribution is 2.41. The van der Waals surface area contributed by atoms with Crippen molar-refractivity contribution >= 4 is 46.0 Å². The Morgan fingerprint density at radius 3 is 1.66 bits per heavy atom. The minimum absolute atomic E-state index is 0.0569. The second-order valence-corrected chi connectivity index (χ2v) is 22.5. The zero-order chi connectivity index (χ0) is 49.7. The van der Waals surface area contributed by atoms with Crippen LogP contribution in [0.1, 0.15) is 98.6 Å². The molecule has 5 N–H and O–H groups in total. The van der Waals surface area contributed by atoms with E-state index in [2.05, 4.69) is 26.6 Å². The van der Waals surface area contributed by atoms with Gasteiger partial charge >= 0.3 is 12.2 Å². The topological polar surface area (TPSA) is 225 Å². The van der Waals surface area contributed by atoms with Gasteiger partial charge in [-0.25, -0.2) is 9.59 Å². The van der Waals surface area contributed by atoms with E-state index >= 15 is 0 Å². The molecule has 18 nitrogen and oxygen atoms in total. The van der Waals surface area contributed by atoms with E-state index in [0.717, 1.165) is 11.1 Å². The molecule has 4 unspecified atom stereocenters. The number of carbonyl (C=O) groups is 6. The third-order valence-corrected chi connectivity index (χ3v) is 13.2. The fourth-order valence-corrected chi connectivity index (χ4v) is 9.26. The average Bonchev–Trinajstić information content (AvgIpc) is 3.68. The number of nitrogens with one attached hydrogen (secondary N) is 5.